The molecule has 0 aromatic carbocycles. The predicted octanol–water partition coefficient (Wildman–Crippen LogP) is 0.00400. The highest BCUT2D eigenvalue weighted by atomic mass is 16.1. The van der Waals surface area contributed by atoms with E-state index in [2.05, 4.69) is 0 Å². The van der Waals surface area contributed by atoms with Gasteiger partial charge in [-0.25, -0.2) is 0 Å². The summed E-state index contributed by atoms with van der Waals surface area (Å²) in [6.07, 6.45) is 0.861. The molecule has 0 heterocycles. The van der Waals surface area contributed by atoms with Gasteiger partial charge in [0.25, 0.3) is 0 Å². The fourth-order valence-corrected chi connectivity index (χ4v) is 0.373. The van der Waals surface area contributed by atoms with E-state index in [1.807, 2.05) is 13.8 Å². The van der Waals surface area contributed by atoms with E-state index in [0.29, 0.717) is 0 Å². The van der Waals surface area contributed by atoms with Gasteiger partial charge in [0.05, 0.1) is 0 Å². The fourth-order valence-electron chi connectivity index (χ4n) is 0.373. The molecule has 3 nitrogen and oxygen atoms in total. The van der Waals surface area contributed by atoms with Crippen molar-refractivity contribution in [2.75, 3.05) is 13.1 Å². The van der Waals surface area contributed by atoms with Crippen LogP contribution in [0.15, 0.2) is 0 Å². The van der Waals surface area contributed by atoms with Crippen LogP contribution in [0.3, 0.4) is 0 Å². The SMILES string of the molecule is CCN(C=O)CC.[N]. The average Bonchev–Trinajstić information content (AvgIpc) is 1.72. The first kappa shape index (κ1) is 10.4. The normalized spacial score (nSPS) is 7.25. The van der Waals surface area contributed by atoms with Gasteiger partial charge < -0.3 is 4.90 Å². The van der Waals surface area contributed by atoms with E-state index >= 15 is 0 Å². The molecule has 0 unspecified atom stereocenters. The Bertz CT molecular complexity index is 52.4. The highest BCUT2D eigenvalue weighted by Crippen LogP contribution is 1.75. The van der Waals surface area contributed by atoms with Gasteiger partial charge in [-0.1, -0.05) is 0 Å². The van der Waals surface area contributed by atoms with Crippen molar-refractivity contribution in [3.05, 3.63) is 0 Å². The van der Waals surface area contributed by atoms with Crippen molar-refractivity contribution in [1.29, 1.82) is 0 Å². The summed E-state index contributed by atoms with van der Waals surface area (Å²) in [5.41, 5.74) is 0. The molecule has 0 aromatic rings. The Morgan fingerprint density at radius 1 is 1.38 bits per heavy atom. The van der Waals surface area contributed by atoms with Gasteiger partial charge in [0.15, 0.2) is 0 Å². The number of rotatable bonds is 3. The Morgan fingerprint density at radius 2 is 1.75 bits per heavy atom. The van der Waals surface area contributed by atoms with E-state index in [9.17, 15) is 4.79 Å². The van der Waals surface area contributed by atoms with Crippen LogP contribution in [0.5, 0.6) is 0 Å². The number of carbonyl (C=O) groups excluding carboxylic acids is 1. The van der Waals surface area contributed by atoms with Crippen molar-refractivity contribution in [2.45, 2.75) is 13.8 Å². The summed E-state index contributed by atoms with van der Waals surface area (Å²) in [5, 5.41) is 0. The van der Waals surface area contributed by atoms with Crippen LogP contribution in [-0.4, -0.2) is 24.4 Å². The minimum absolute atomic E-state index is 0. The molecule has 0 saturated heterocycles. The first-order valence-corrected chi connectivity index (χ1v) is 2.54. The van der Waals surface area contributed by atoms with Crippen molar-refractivity contribution < 1.29 is 4.79 Å². The first-order chi connectivity index (χ1) is 3.35. The lowest BCUT2D eigenvalue weighted by molar-refractivity contribution is -0.117. The summed E-state index contributed by atoms with van der Waals surface area (Å²) in [5.74, 6) is 0. The summed E-state index contributed by atoms with van der Waals surface area (Å²) in [6, 6.07) is 0. The van der Waals surface area contributed by atoms with Crippen LogP contribution >= 0.6 is 0 Å². The topological polar surface area (TPSA) is 50.8 Å². The molecule has 0 aliphatic heterocycles. The zero-order valence-corrected chi connectivity index (χ0v) is 5.29. The van der Waals surface area contributed by atoms with E-state index in [-0.39, 0.29) is 6.15 Å². The summed E-state index contributed by atoms with van der Waals surface area (Å²) in [4.78, 5) is 11.6. The molecule has 0 aliphatic carbocycles. The molecule has 8 heavy (non-hydrogen) atoms. The van der Waals surface area contributed by atoms with Crippen LogP contribution in [0.2, 0.25) is 0 Å². The van der Waals surface area contributed by atoms with Gasteiger partial charge in [0.1, 0.15) is 0 Å². The van der Waals surface area contributed by atoms with Crippen molar-refractivity contribution in [2.24, 2.45) is 0 Å². The number of hydrogen-bond donors (Lipinski definition) is 0. The Balaban J connectivity index is 0. The Kier molecular flexibility index (Phi) is 8.37. The maximum atomic E-state index is 9.89. The minimum Gasteiger partial charge on any atom is -0.346 e. The number of amides is 1. The molecule has 0 aromatic heterocycles. The predicted molar refractivity (Wildman–Crippen MR) is 31.1 cm³/mol. The molecule has 0 aliphatic rings. The molecular weight excluding hydrogens is 104 g/mol. The third-order valence-electron chi connectivity index (χ3n) is 0.961. The molecule has 0 atom stereocenters. The van der Waals surface area contributed by atoms with Crippen LogP contribution in [0.1, 0.15) is 13.8 Å². The summed E-state index contributed by atoms with van der Waals surface area (Å²) in [6.45, 7) is 5.55. The van der Waals surface area contributed by atoms with Gasteiger partial charge in [-0.05, 0) is 13.8 Å². The first-order valence-electron chi connectivity index (χ1n) is 2.54. The van der Waals surface area contributed by atoms with Crippen molar-refractivity contribution in [1.82, 2.24) is 11.1 Å². The van der Waals surface area contributed by atoms with Crippen LogP contribution in [-0.2, 0) is 4.79 Å². The third kappa shape index (κ3) is 3.61. The smallest absolute Gasteiger partial charge is 0.209 e. The number of nitrogens with zero attached hydrogens (tertiary/aromatic N) is 2. The Hall–Kier alpha value is -0.570. The second-order valence-corrected chi connectivity index (χ2v) is 1.33. The molecular formula is C5H11N2O. The van der Waals surface area contributed by atoms with Crippen LogP contribution in [0, 0.1) is 0 Å². The number of carbonyl (C=O) groups is 1. The van der Waals surface area contributed by atoms with Gasteiger partial charge in [-0.2, -0.15) is 0 Å². The van der Waals surface area contributed by atoms with Crippen molar-refractivity contribution >= 4 is 6.41 Å². The largest absolute Gasteiger partial charge is 0.346 e. The lowest BCUT2D eigenvalue weighted by Gasteiger charge is -2.08. The summed E-state index contributed by atoms with van der Waals surface area (Å²) >= 11 is 0. The lowest BCUT2D eigenvalue weighted by atomic mass is 10.6. The van der Waals surface area contributed by atoms with Gasteiger partial charge in [0.2, 0.25) is 6.41 Å². The second kappa shape index (κ2) is 6.43. The Labute approximate surface area is 50.3 Å². The maximum absolute atomic E-state index is 9.89. The minimum atomic E-state index is 0. The van der Waals surface area contributed by atoms with Crippen LogP contribution < -0.4 is 6.15 Å². The van der Waals surface area contributed by atoms with Gasteiger partial charge in [0, 0.05) is 19.2 Å². The molecule has 3 radical (unpaired) electrons. The Morgan fingerprint density at radius 3 is 1.75 bits per heavy atom. The van der Waals surface area contributed by atoms with Crippen LogP contribution in [0.4, 0.5) is 0 Å². The second-order valence-electron chi connectivity index (χ2n) is 1.33. The van der Waals surface area contributed by atoms with Crippen molar-refractivity contribution in [3.63, 3.8) is 0 Å². The molecule has 0 bridgehead atoms. The van der Waals surface area contributed by atoms with Crippen LogP contribution in [0.25, 0.3) is 0 Å². The van der Waals surface area contributed by atoms with Crippen molar-refractivity contribution in [3.8, 4) is 0 Å². The third-order valence-corrected chi connectivity index (χ3v) is 0.961. The molecule has 0 N–H and O–H groups in total. The highest BCUT2D eigenvalue weighted by molar-refractivity contribution is 5.46. The van der Waals surface area contributed by atoms with E-state index in [1.54, 1.807) is 4.90 Å². The average molecular weight is 115 g/mol. The summed E-state index contributed by atoms with van der Waals surface area (Å²) < 4.78 is 0. The van der Waals surface area contributed by atoms with Gasteiger partial charge in [-0.3, -0.25) is 4.79 Å². The van der Waals surface area contributed by atoms with E-state index in [0.717, 1.165) is 19.5 Å². The van der Waals surface area contributed by atoms with Gasteiger partial charge in [-0.15, -0.1) is 0 Å². The molecule has 47 valence electrons. The molecule has 1 amide bonds. The van der Waals surface area contributed by atoms with E-state index in [1.165, 1.54) is 0 Å². The van der Waals surface area contributed by atoms with E-state index < -0.39 is 0 Å². The molecule has 0 rings (SSSR count). The van der Waals surface area contributed by atoms with E-state index in [4.69, 9.17) is 0 Å². The maximum Gasteiger partial charge on any atom is 0.209 e. The monoisotopic (exact) mass is 115 g/mol. The zero-order chi connectivity index (χ0) is 5.70. The van der Waals surface area contributed by atoms with Gasteiger partial charge >= 0.3 is 0 Å². The highest BCUT2D eigenvalue weighted by Gasteiger charge is 1.87. The standard InChI is InChI=1S/C5H11NO.N/c1-3-6(4-2)5-7;/h5H,3-4H2,1-2H3;. The quantitative estimate of drug-likeness (QED) is 0.478. The zero-order valence-electron chi connectivity index (χ0n) is 5.29. The fraction of sp³-hybridized carbons (Fsp3) is 0.800. The summed E-state index contributed by atoms with van der Waals surface area (Å²) in [7, 11) is 0. The molecule has 0 spiro atoms. The number of hydrogen-bond acceptors (Lipinski definition) is 1. The molecule has 3 heteroatoms. The molecule has 0 saturated carbocycles. The molecule has 0 fully saturated rings. The lowest BCUT2D eigenvalue weighted by Crippen LogP contribution is -2.19.